The first-order valence-corrected chi connectivity index (χ1v) is 7.67. The van der Waals surface area contributed by atoms with Crippen LogP contribution in [-0.2, 0) is 11.3 Å². The molecule has 1 aliphatic carbocycles. The van der Waals surface area contributed by atoms with Crippen molar-refractivity contribution in [1.82, 2.24) is 9.47 Å². The minimum absolute atomic E-state index is 0.0198. The van der Waals surface area contributed by atoms with E-state index in [4.69, 9.17) is 5.11 Å². The largest absolute Gasteiger partial charge is 0.477 e. The van der Waals surface area contributed by atoms with Gasteiger partial charge in [-0.3, -0.25) is 4.79 Å². The molecule has 0 aliphatic heterocycles. The van der Waals surface area contributed by atoms with Gasteiger partial charge in [0.15, 0.2) is 0 Å². The molecule has 116 valence electrons. The zero-order valence-corrected chi connectivity index (χ0v) is 12.8. The van der Waals surface area contributed by atoms with E-state index >= 15 is 0 Å². The van der Waals surface area contributed by atoms with Gasteiger partial charge in [0.05, 0.1) is 0 Å². The molecule has 0 spiro atoms. The lowest BCUT2D eigenvalue weighted by atomic mass is 9.84. The molecule has 5 heteroatoms. The predicted molar refractivity (Wildman–Crippen MR) is 80.2 cm³/mol. The zero-order valence-electron chi connectivity index (χ0n) is 12.8. The number of aromatic carboxylic acids is 1. The van der Waals surface area contributed by atoms with Crippen LogP contribution in [0.4, 0.5) is 0 Å². The Morgan fingerprint density at radius 1 is 1.33 bits per heavy atom. The molecule has 0 saturated heterocycles. The first-order chi connectivity index (χ1) is 10.0. The summed E-state index contributed by atoms with van der Waals surface area (Å²) in [5, 5.41) is 9.07. The molecule has 1 amide bonds. The predicted octanol–water partition coefficient (Wildman–Crippen LogP) is 2.61. The van der Waals surface area contributed by atoms with Crippen LogP contribution in [0.2, 0.25) is 0 Å². The fraction of sp³-hybridized carbons (Fsp3) is 0.625. The molecule has 0 bridgehead atoms. The molecule has 1 heterocycles. The summed E-state index contributed by atoms with van der Waals surface area (Å²) in [7, 11) is 1.84. The van der Waals surface area contributed by atoms with Gasteiger partial charge < -0.3 is 14.6 Å². The lowest BCUT2D eigenvalue weighted by molar-refractivity contribution is -0.133. The van der Waals surface area contributed by atoms with E-state index in [1.165, 1.54) is 29.9 Å². The summed E-state index contributed by atoms with van der Waals surface area (Å²) in [6, 6.07) is 3.47. The Morgan fingerprint density at radius 3 is 2.57 bits per heavy atom. The monoisotopic (exact) mass is 292 g/mol. The third-order valence-corrected chi connectivity index (χ3v) is 4.69. The average Bonchev–Trinajstić information content (AvgIpc) is 2.95. The van der Waals surface area contributed by atoms with E-state index in [9.17, 15) is 9.59 Å². The van der Waals surface area contributed by atoms with Crippen molar-refractivity contribution in [3.63, 3.8) is 0 Å². The molecule has 0 atom stereocenters. The summed E-state index contributed by atoms with van der Waals surface area (Å²) in [6.07, 6.45) is 7.33. The lowest BCUT2D eigenvalue weighted by Crippen LogP contribution is -2.41. The average molecular weight is 292 g/mol. The molecule has 1 fully saturated rings. The third-order valence-electron chi connectivity index (χ3n) is 4.69. The molecular weight excluding hydrogens is 268 g/mol. The van der Waals surface area contributed by atoms with Crippen LogP contribution < -0.4 is 0 Å². The number of carbonyl (C=O) groups is 2. The fourth-order valence-corrected chi connectivity index (χ4v) is 3.15. The number of carboxylic acid groups (broad SMARTS) is 1. The SMILES string of the molecule is CCC1CCC(N(C)C(=O)Cn2cccc2C(=O)O)CC1. The Morgan fingerprint density at radius 2 is 2.00 bits per heavy atom. The van der Waals surface area contributed by atoms with Gasteiger partial charge in [0.1, 0.15) is 12.2 Å². The van der Waals surface area contributed by atoms with E-state index in [0.717, 1.165) is 18.8 Å². The van der Waals surface area contributed by atoms with Crippen LogP contribution in [0.25, 0.3) is 0 Å². The zero-order chi connectivity index (χ0) is 15.4. The number of rotatable bonds is 5. The van der Waals surface area contributed by atoms with Gasteiger partial charge in [-0.2, -0.15) is 0 Å². The Labute approximate surface area is 125 Å². The Balaban J connectivity index is 1.94. The van der Waals surface area contributed by atoms with Gasteiger partial charge in [0.25, 0.3) is 0 Å². The van der Waals surface area contributed by atoms with Gasteiger partial charge in [-0.15, -0.1) is 0 Å². The Bertz CT molecular complexity index is 501. The number of carboxylic acids is 1. The normalized spacial score (nSPS) is 22.0. The molecule has 2 rings (SSSR count). The maximum absolute atomic E-state index is 12.3. The van der Waals surface area contributed by atoms with Crippen LogP contribution in [-0.4, -0.2) is 39.5 Å². The van der Waals surface area contributed by atoms with Crippen molar-refractivity contribution in [2.75, 3.05) is 7.05 Å². The molecule has 21 heavy (non-hydrogen) atoms. The van der Waals surface area contributed by atoms with E-state index in [0.29, 0.717) is 6.04 Å². The summed E-state index contributed by atoms with van der Waals surface area (Å²) in [5.41, 5.74) is 0.159. The highest BCUT2D eigenvalue weighted by atomic mass is 16.4. The molecule has 1 aliphatic rings. The summed E-state index contributed by atoms with van der Waals surface area (Å²) in [6.45, 7) is 2.32. The smallest absolute Gasteiger partial charge is 0.352 e. The van der Waals surface area contributed by atoms with Crippen molar-refractivity contribution < 1.29 is 14.7 Å². The van der Waals surface area contributed by atoms with Crippen molar-refractivity contribution in [2.45, 2.75) is 51.6 Å². The van der Waals surface area contributed by atoms with Crippen LogP contribution >= 0.6 is 0 Å². The Hall–Kier alpha value is -1.78. The highest BCUT2D eigenvalue weighted by molar-refractivity contribution is 5.86. The quantitative estimate of drug-likeness (QED) is 0.907. The maximum Gasteiger partial charge on any atom is 0.352 e. The van der Waals surface area contributed by atoms with Gasteiger partial charge >= 0.3 is 5.97 Å². The third kappa shape index (κ3) is 3.65. The van der Waals surface area contributed by atoms with Crippen molar-refractivity contribution in [1.29, 1.82) is 0 Å². The van der Waals surface area contributed by atoms with Gasteiger partial charge in [-0.25, -0.2) is 4.79 Å². The van der Waals surface area contributed by atoms with E-state index in [-0.39, 0.29) is 18.1 Å². The van der Waals surface area contributed by atoms with Crippen molar-refractivity contribution >= 4 is 11.9 Å². The van der Waals surface area contributed by atoms with Crippen molar-refractivity contribution in [2.24, 2.45) is 5.92 Å². The van der Waals surface area contributed by atoms with Gasteiger partial charge in [0, 0.05) is 19.3 Å². The summed E-state index contributed by atoms with van der Waals surface area (Å²) in [5.74, 6) is -0.222. The second kappa shape index (κ2) is 6.78. The first kappa shape index (κ1) is 15.6. The van der Waals surface area contributed by atoms with Gasteiger partial charge in [-0.05, 0) is 43.7 Å². The van der Waals surface area contributed by atoms with Crippen LogP contribution in [0.5, 0.6) is 0 Å². The van der Waals surface area contributed by atoms with Crippen LogP contribution in [0.1, 0.15) is 49.5 Å². The van der Waals surface area contributed by atoms with Crippen molar-refractivity contribution in [3.05, 3.63) is 24.0 Å². The number of amides is 1. The molecule has 0 radical (unpaired) electrons. The number of hydrogen-bond acceptors (Lipinski definition) is 2. The summed E-state index contributed by atoms with van der Waals surface area (Å²) < 4.78 is 1.50. The molecule has 0 unspecified atom stereocenters. The molecule has 1 N–H and O–H groups in total. The van der Waals surface area contributed by atoms with E-state index in [1.807, 2.05) is 7.05 Å². The minimum atomic E-state index is -1.00. The number of nitrogens with zero attached hydrogens (tertiary/aromatic N) is 2. The number of hydrogen-bond donors (Lipinski definition) is 1. The summed E-state index contributed by atoms with van der Waals surface area (Å²) in [4.78, 5) is 25.2. The second-order valence-corrected chi connectivity index (χ2v) is 5.91. The molecule has 5 nitrogen and oxygen atoms in total. The standard InChI is InChI=1S/C16H24N2O3/c1-3-12-6-8-13(9-7-12)17(2)15(19)11-18-10-4-5-14(18)16(20)21/h4-5,10,12-13H,3,6-9,11H2,1-2H3,(H,20,21). The minimum Gasteiger partial charge on any atom is -0.477 e. The molecule has 1 aromatic rings. The van der Waals surface area contributed by atoms with E-state index in [1.54, 1.807) is 17.2 Å². The fourth-order valence-electron chi connectivity index (χ4n) is 3.15. The number of carbonyl (C=O) groups excluding carboxylic acids is 1. The van der Waals surface area contributed by atoms with E-state index in [2.05, 4.69) is 6.92 Å². The van der Waals surface area contributed by atoms with Crippen LogP contribution in [0.15, 0.2) is 18.3 Å². The molecule has 1 saturated carbocycles. The lowest BCUT2D eigenvalue weighted by Gasteiger charge is -2.34. The van der Waals surface area contributed by atoms with Crippen LogP contribution in [0, 0.1) is 5.92 Å². The molecular formula is C16H24N2O3. The van der Waals surface area contributed by atoms with Crippen LogP contribution in [0.3, 0.4) is 0 Å². The van der Waals surface area contributed by atoms with Gasteiger partial charge in [-0.1, -0.05) is 13.3 Å². The first-order valence-electron chi connectivity index (χ1n) is 7.67. The number of likely N-dealkylation sites (N-methyl/N-ethyl adjacent to an activating group) is 1. The molecule has 1 aromatic heterocycles. The highest BCUT2D eigenvalue weighted by Gasteiger charge is 2.26. The maximum atomic E-state index is 12.3. The Kier molecular flexibility index (Phi) is 5.04. The highest BCUT2D eigenvalue weighted by Crippen LogP contribution is 2.29. The van der Waals surface area contributed by atoms with E-state index < -0.39 is 5.97 Å². The molecule has 0 aromatic carbocycles. The summed E-state index contributed by atoms with van der Waals surface area (Å²) >= 11 is 0. The van der Waals surface area contributed by atoms with Crippen molar-refractivity contribution in [3.8, 4) is 0 Å². The van der Waals surface area contributed by atoms with Gasteiger partial charge in [0.2, 0.25) is 5.91 Å². The number of aromatic nitrogens is 1. The second-order valence-electron chi connectivity index (χ2n) is 5.91. The topological polar surface area (TPSA) is 62.5 Å².